The number of sulfone groups is 1. The third kappa shape index (κ3) is 2.52. The zero-order chi connectivity index (χ0) is 13.3. The molecule has 5 heteroatoms. The van der Waals surface area contributed by atoms with Gasteiger partial charge in [0.1, 0.15) is 0 Å². The van der Waals surface area contributed by atoms with Gasteiger partial charge in [-0.3, -0.25) is 0 Å². The van der Waals surface area contributed by atoms with Crippen LogP contribution >= 0.6 is 0 Å². The number of benzene rings is 1. The minimum Gasteiger partial charge on any atom is -0.380 e. The molecule has 0 saturated heterocycles. The third-order valence-electron chi connectivity index (χ3n) is 3.25. The molecule has 0 amide bonds. The van der Waals surface area contributed by atoms with E-state index in [1.165, 1.54) is 0 Å². The van der Waals surface area contributed by atoms with Gasteiger partial charge in [-0.15, -0.1) is 0 Å². The van der Waals surface area contributed by atoms with Crippen molar-refractivity contribution >= 4 is 15.5 Å². The van der Waals surface area contributed by atoms with E-state index in [1.54, 1.807) is 0 Å². The maximum atomic E-state index is 12.3. The van der Waals surface area contributed by atoms with E-state index in [-0.39, 0.29) is 11.8 Å². The summed E-state index contributed by atoms with van der Waals surface area (Å²) in [5, 5.41) is 6.40. The molecule has 0 spiro atoms. The van der Waals surface area contributed by atoms with Crippen molar-refractivity contribution in [3.8, 4) is 0 Å². The number of fused-ring (bicyclic) bond motifs is 1. The molecule has 0 fully saturated rings. The molecular weight excluding hydrogens is 248 g/mol. The van der Waals surface area contributed by atoms with E-state index in [0.29, 0.717) is 4.90 Å². The lowest BCUT2D eigenvalue weighted by Gasteiger charge is -2.28. The lowest BCUT2D eigenvalue weighted by molar-refractivity contribution is 0.574. The summed E-state index contributed by atoms with van der Waals surface area (Å²) < 4.78 is 24.6. The van der Waals surface area contributed by atoms with E-state index in [2.05, 4.69) is 10.6 Å². The Morgan fingerprint density at radius 2 is 2.11 bits per heavy atom. The topological polar surface area (TPSA) is 58.2 Å². The van der Waals surface area contributed by atoms with E-state index >= 15 is 0 Å². The molecule has 1 unspecified atom stereocenters. The molecule has 0 radical (unpaired) electrons. The van der Waals surface area contributed by atoms with Crippen molar-refractivity contribution in [3.63, 3.8) is 0 Å². The van der Waals surface area contributed by atoms with Crippen LogP contribution in [0.25, 0.3) is 0 Å². The molecule has 2 N–H and O–H groups in total. The van der Waals surface area contributed by atoms with Crippen molar-refractivity contribution < 1.29 is 8.42 Å². The lowest BCUT2D eigenvalue weighted by atomic mass is 10.1. The van der Waals surface area contributed by atoms with E-state index in [1.807, 2.05) is 33.0 Å². The summed E-state index contributed by atoms with van der Waals surface area (Å²) in [6.07, 6.45) is 0.808. The van der Waals surface area contributed by atoms with Gasteiger partial charge in [-0.25, -0.2) is 8.42 Å². The van der Waals surface area contributed by atoms with Crippen LogP contribution in [0.3, 0.4) is 0 Å². The molecule has 18 heavy (non-hydrogen) atoms. The third-order valence-corrected chi connectivity index (χ3v) is 5.26. The Bertz CT molecular complexity index is 552. The first-order valence-corrected chi connectivity index (χ1v) is 7.84. The van der Waals surface area contributed by atoms with Crippen LogP contribution in [0.4, 0.5) is 5.69 Å². The van der Waals surface area contributed by atoms with Crippen molar-refractivity contribution in [3.05, 3.63) is 23.3 Å². The summed E-state index contributed by atoms with van der Waals surface area (Å²) in [4.78, 5) is 0.480. The first-order chi connectivity index (χ1) is 8.44. The Labute approximate surface area is 109 Å². The van der Waals surface area contributed by atoms with Crippen LogP contribution in [0.5, 0.6) is 0 Å². The van der Waals surface area contributed by atoms with Crippen LogP contribution in [0.15, 0.2) is 17.0 Å². The second-order valence-electron chi connectivity index (χ2n) is 4.97. The van der Waals surface area contributed by atoms with Gasteiger partial charge in [-0.05, 0) is 51.1 Å². The molecule has 1 aliphatic heterocycles. The molecule has 2 rings (SSSR count). The molecule has 0 bridgehead atoms. The lowest BCUT2D eigenvalue weighted by Crippen LogP contribution is -2.36. The van der Waals surface area contributed by atoms with Crippen LogP contribution in [-0.4, -0.2) is 33.8 Å². The van der Waals surface area contributed by atoms with Crippen LogP contribution in [-0.2, 0) is 9.84 Å². The Hall–Kier alpha value is -1.07. The van der Waals surface area contributed by atoms with Gasteiger partial charge in [0.05, 0.1) is 16.3 Å². The van der Waals surface area contributed by atoms with Gasteiger partial charge in [-0.1, -0.05) is 6.07 Å². The van der Waals surface area contributed by atoms with Crippen molar-refractivity contribution in [2.24, 2.45) is 0 Å². The van der Waals surface area contributed by atoms with Crippen molar-refractivity contribution in [2.45, 2.75) is 31.2 Å². The predicted molar refractivity (Wildman–Crippen MR) is 73.9 cm³/mol. The van der Waals surface area contributed by atoms with Crippen LogP contribution in [0.1, 0.15) is 17.5 Å². The second-order valence-corrected chi connectivity index (χ2v) is 6.94. The van der Waals surface area contributed by atoms with Gasteiger partial charge in [0.2, 0.25) is 0 Å². The van der Waals surface area contributed by atoms with E-state index in [4.69, 9.17) is 0 Å². The highest BCUT2D eigenvalue weighted by molar-refractivity contribution is 7.91. The van der Waals surface area contributed by atoms with Crippen molar-refractivity contribution in [2.75, 3.05) is 24.7 Å². The summed E-state index contributed by atoms with van der Waals surface area (Å²) in [6, 6.07) is 3.84. The number of hydrogen-bond acceptors (Lipinski definition) is 4. The highest BCUT2D eigenvalue weighted by Crippen LogP contribution is 2.33. The van der Waals surface area contributed by atoms with E-state index < -0.39 is 9.84 Å². The Kier molecular flexibility index (Phi) is 3.64. The maximum absolute atomic E-state index is 12.3. The van der Waals surface area contributed by atoms with Crippen molar-refractivity contribution in [1.29, 1.82) is 0 Å². The summed E-state index contributed by atoms with van der Waals surface area (Å²) in [7, 11) is -1.28. The average molecular weight is 268 g/mol. The Morgan fingerprint density at radius 3 is 2.78 bits per heavy atom. The Balaban J connectivity index is 2.41. The number of aryl methyl sites for hydroxylation is 2. The largest absolute Gasteiger partial charge is 0.380 e. The quantitative estimate of drug-likeness (QED) is 0.872. The molecule has 4 nitrogen and oxygen atoms in total. The SMILES string of the molecule is CNCCC1CS(=O)(=O)c2c(C)cc(C)cc2N1. The number of anilines is 1. The molecule has 1 aliphatic rings. The predicted octanol–water partition coefficient (Wildman–Crippen LogP) is 1.48. The number of hydrogen-bond donors (Lipinski definition) is 2. The molecule has 1 aromatic carbocycles. The van der Waals surface area contributed by atoms with Crippen molar-refractivity contribution in [1.82, 2.24) is 5.32 Å². The van der Waals surface area contributed by atoms with Gasteiger partial charge in [0, 0.05) is 6.04 Å². The monoisotopic (exact) mass is 268 g/mol. The summed E-state index contributed by atoms with van der Waals surface area (Å²) in [5.74, 6) is 0.186. The van der Waals surface area contributed by atoms with Gasteiger partial charge >= 0.3 is 0 Å². The van der Waals surface area contributed by atoms with Gasteiger partial charge < -0.3 is 10.6 Å². The number of rotatable bonds is 3. The molecule has 0 aromatic heterocycles. The fraction of sp³-hybridized carbons (Fsp3) is 0.538. The number of nitrogens with one attached hydrogen (secondary N) is 2. The normalized spacial score (nSPS) is 21.2. The molecule has 0 aliphatic carbocycles. The maximum Gasteiger partial charge on any atom is 0.182 e. The molecule has 1 aromatic rings. The zero-order valence-corrected chi connectivity index (χ0v) is 11.9. The summed E-state index contributed by atoms with van der Waals surface area (Å²) in [5.41, 5.74) is 2.69. The molecular formula is C13H20N2O2S. The molecule has 0 saturated carbocycles. The second kappa shape index (κ2) is 4.90. The minimum absolute atomic E-state index is 0.00356. The van der Waals surface area contributed by atoms with E-state index in [9.17, 15) is 8.42 Å². The van der Waals surface area contributed by atoms with Gasteiger partial charge in [0.15, 0.2) is 9.84 Å². The summed E-state index contributed by atoms with van der Waals surface area (Å²) >= 11 is 0. The fourth-order valence-electron chi connectivity index (χ4n) is 2.56. The first-order valence-electron chi connectivity index (χ1n) is 6.19. The van der Waals surface area contributed by atoms with Crippen LogP contribution in [0.2, 0.25) is 0 Å². The minimum atomic E-state index is -3.16. The average Bonchev–Trinajstić information content (AvgIpc) is 2.23. The fourth-order valence-corrected chi connectivity index (χ4v) is 4.51. The molecule has 100 valence electrons. The highest BCUT2D eigenvalue weighted by Gasteiger charge is 2.31. The summed E-state index contributed by atoms with van der Waals surface area (Å²) in [6.45, 7) is 4.66. The van der Waals surface area contributed by atoms with E-state index in [0.717, 1.165) is 29.8 Å². The van der Waals surface area contributed by atoms with Gasteiger partial charge in [-0.2, -0.15) is 0 Å². The van der Waals surface area contributed by atoms with Gasteiger partial charge in [0.25, 0.3) is 0 Å². The zero-order valence-electron chi connectivity index (χ0n) is 11.1. The molecule has 1 heterocycles. The van der Waals surface area contributed by atoms with Crippen LogP contribution in [0, 0.1) is 13.8 Å². The smallest absolute Gasteiger partial charge is 0.182 e. The molecule has 1 atom stereocenters. The first kappa shape index (κ1) is 13.4. The van der Waals surface area contributed by atoms with Crippen LogP contribution < -0.4 is 10.6 Å². The standard InChI is InChI=1S/C13H20N2O2S/c1-9-6-10(2)13-12(7-9)15-11(4-5-14-3)8-18(13,16)17/h6-7,11,14-15H,4-5,8H2,1-3H3. The highest BCUT2D eigenvalue weighted by atomic mass is 32.2. The Morgan fingerprint density at radius 1 is 1.39 bits per heavy atom.